The number of anilines is 1. The normalized spacial score (nSPS) is 18.1. The summed E-state index contributed by atoms with van der Waals surface area (Å²) < 4.78 is 5.89. The van der Waals surface area contributed by atoms with Crippen LogP contribution in [0.4, 0.5) is 5.00 Å². The number of esters is 1. The fourth-order valence-corrected chi connectivity index (χ4v) is 7.07. The first-order valence-corrected chi connectivity index (χ1v) is 14.6. The minimum atomic E-state index is -0.977. The molecule has 0 bridgehead atoms. The van der Waals surface area contributed by atoms with Crippen LogP contribution in [-0.4, -0.2) is 41.5 Å². The summed E-state index contributed by atoms with van der Waals surface area (Å²) in [6, 6.07) is 9.90. The monoisotopic (exact) mass is 544 g/mol. The van der Waals surface area contributed by atoms with Gasteiger partial charge >= 0.3 is 5.97 Å². The zero-order valence-electron chi connectivity index (χ0n) is 23.4. The van der Waals surface area contributed by atoms with E-state index in [-0.39, 0.29) is 5.41 Å². The molecular weight excluding hydrogens is 508 g/mol. The topological polar surface area (TPSA) is 95.3 Å². The van der Waals surface area contributed by atoms with Gasteiger partial charge in [-0.2, -0.15) is 5.26 Å². The average molecular weight is 545 g/mol. The predicted molar refractivity (Wildman–Crippen MR) is 154 cm³/mol. The fourth-order valence-electron chi connectivity index (χ4n) is 5.79. The highest BCUT2D eigenvalue weighted by molar-refractivity contribution is 7.16. The molecule has 1 aliphatic carbocycles. The second kappa shape index (κ2) is 10.7. The maximum atomic E-state index is 13.7. The van der Waals surface area contributed by atoms with Gasteiger partial charge in [0.05, 0.1) is 16.6 Å². The number of rotatable bonds is 5. The average Bonchev–Trinajstić information content (AvgIpc) is 3.25. The third-order valence-electron chi connectivity index (χ3n) is 8.19. The lowest BCUT2D eigenvalue weighted by molar-refractivity contribution is -0.124. The summed E-state index contributed by atoms with van der Waals surface area (Å²) in [7, 11) is 2.02. The summed E-state index contributed by atoms with van der Waals surface area (Å²) in [5.41, 5.74) is 4.82. The molecule has 0 spiro atoms. The van der Waals surface area contributed by atoms with Crippen LogP contribution in [0.5, 0.6) is 0 Å². The summed E-state index contributed by atoms with van der Waals surface area (Å²) >= 11 is 1.49. The first-order chi connectivity index (χ1) is 18.6. The molecule has 1 N–H and O–H groups in total. The third kappa shape index (κ3) is 5.30. The Morgan fingerprint density at radius 2 is 2.03 bits per heavy atom. The Morgan fingerprint density at radius 3 is 2.74 bits per heavy atom. The maximum absolute atomic E-state index is 13.7. The molecule has 5 rings (SSSR count). The Kier molecular flexibility index (Phi) is 7.49. The Bertz CT molecular complexity index is 1480. The molecule has 0 radical (unpaired) electrons. The molecule has 2 aromatic heterocycles. The van der Waals surface area contributed by atoms with E-state index in [1.165, 1.54) is 16.2 Å². The van der Waals surface area contributed by atoms with E-state index in [1.54, 1.807) is 0 Å². The van der Waals surface area contributed by atoms with Crippen LogP contribution in [0.3, 0.4) is 0 Å². The van der Waals surface area contributed by atoms with Crippen molar-refractivity contribution in [1.82, 2.24) is 9.88 Å². The van der Waals surface area contributed by atoms with E-state index < -0.39 is 18.0 Å². The molecule has 1 amide bonds. The molecule has 0 fully saturated rings. The van der Waals surface area contributed by atoms with Crippen molar-refractivity contribution >= 4 is 39.1 Å². The predicted octanol–water partition coefficient (Wildman–Crippen LogP) is 5.88. The number of nitrogens with one attached hydrogen (secondary N) is 1. The molecule has 8 heteroatoms. The van der Waals surface area contributed by atoms with Gasteiger partial charge in [0.15, 0.2) is 6.10 Å². The van der Waals surface area contributed by atoms with Crippen molar-refractivity contribution in [2.24, 2.45) is 11.3 Å². The molecular formula is C31H36N4O3S. The van der Waals surface area contributed by atoms with Crippen molar-refractivity contribution in [3.63, 3.8) is 0 Å². The second-order valence-electron chi connectivity index (χ2n) is 11.8. The van der Waals surface area contributed by atoms with Crippen LogP contribution in [0, 0.1) is 22.7 Å². The van der Waals surface area contributed by atoms with Gasteiger partial charge in [0.1, 0.15) is 11.1 Å². The van der Waals surface area contributed by atoms with Crippen LogP contribution in [0.15, 0.2) is 24.3 Å². The summed E-state index contributed by atoms with van der Waals surface area (Å²) in [6.45, 7) is 10.1. The van der Waals surface area contributed by atoms with E-state index in [0.29, 0.717) is 35.0 Å². The molecule has 1 aliphatic heterocycles. The fraction of sp³-hybridized carbons (Fsp3) is 0.484. The van der Waals surface area contributed by atoms with Crippen molar-refractivity contribution < 1.29 is 14.3 Å². The number of carbonyl (C=O) groups excluding carboxylic acids is 2. The number of pyridine rings is 1. The van der Waals surface area contributed by atoms with Gasteiger partial charge in [-0.25, -0.2) is 4.79 Å². The molecule has 2 unspecified atom stereocenters. The Labute approximate surface area is 234 Å². The number of thiophene rings is 1. The molecule has 39 heavy (non-hydrogen) atoms. The summed E-state index contributed by atoms with van der Waals surface area (Å²) in [5.74, 6) is -0.387. The SMILES string of the molecule is CCC(OC(=O)c1c2c(nc3ccccc13)CCN(C)C2)C(=O)Nc1sc2c(c1C#N)CCC(C(C)(C)C)C2. The lowest BCUT2D eigenvalue weighted by atomic mass is 9.72. The number of aromatic nitrogens is 1. The third-order valence-corrected chi connectivity index (χ3v) is 9.36. The molecule has 0 saturated heterocycles. The van der Waals surface area contributed by atoms with Gasteiger partial charge in [0.25, 0.3) is 5.91 Å². The van der Waals surface area contributed by atoms with Crippen LogP contribution in [-0.2, 0) is 35.3 Å². The zero-order valence-corrected chi connectivity index (χ0v) is 24.2. The van der Waals surface area contributed by atoms with Crippen molar-refractivity contribution in [1.29, 1.82) is 5.26 Å². The van der Waals surface area contributed by atoms with Gasteiger partial charge in [0.2, 0.25) is 0 Å². The van der Waals surface area contributed by atoms with E-state index >= 15 is 0 Å². The number of fused-ring (bicyclic) bond motifs is 3. The second-order valence-corrected chi connectivity index (χ2v) is 12.9. The first kappa shape index (κ1) is 27.3. The Hall–Kier alpha value is -3.28. The Morgan fingerprint density at radius 1 is 1.26 bits per heavy atom. The van der Waals surface area contributed by atoms with Crippen LogP contribution < -0.4 is 5.32 Å². The number of ether oxygens (including phenoxy) is 1. The number of para-hydroxylation sites is 1. The van der Waals surface area contributed by atoms with E-state index in [2.05, 4.69) is 37.1 Å². The van der Waals surface area contributed by atoms with Gasteiger partial charge in [0, 0.05) is 41.0 Å². The number of benzene rings is 1. The minimum Gasteiger partial charge on any atom is -0.449 e. The summed E-state index contributed by atoms with van der Waals surface area (Å²) in [4.78, 5) is 35.2. The number of hydrogen-bond donors (Lipinski definition) is 1. The van der Waals surface area contributed by atoms with Gasteiger partial charge < -0.3 is 15.0 Å². The molecule has 2 aliphatic rings. The number of amides is 1. The number of carbonyl (C=O) groups is 2. The van der Waals surface area contributed by atoms with Crippen molar-refractivity contribution in [3.05, 3.63) is 57.1 Å². The molecule has 3 heterocycles. The molecule has 2 atom stereocenters. The first-order valence-electron chi connectivity index (χ1n) is 13.8. The van der Waals surface area contributed by atoms with E-state index in [4.69, 9.17) is 9.72 Å². The highest BCUT2D eigenvalue weighted by Crippen LogP contribution is 2.44. The van der Waals surface area contributed by atoms with Crippen LogP contribution in [0.2, 0.25) is 0 Å². The molecule has 0 saturated carbocycles. The number of hydrogen-bond acceptors (Lipinski definition) is 7. The zero-order chi connectivity index (χ0) is 27.9. The van der Waals surface area contributed by atoms with Gasteiger partial charge in [-0.1, -0.05) is 45.9 Å². The van der Waals surface area contributed by atoms with Gasteiger partial charge in [-0.15, -0.1) is 11.3 Å². The Balaban J connectivity index is 1.40. The van der Waals surface area contributed by atoms with Crippen molar-refractivity contribution in [3.8, 4) is 6.07 Å². The standard InChI is InChI=1S/C31H36N4O3S/c1-6-25(28(36)34-29-21(16-32)19-12-11-18(31(2,3)4)15-26(19)39-29)38-30(37)27-20-9-7-8-10-23(20)33-24-13-14-35(5)17-22(24)27/h7-10,18,25H,6,11-15,17H2,1-5H3,(H,34,36). The molecule has 1 aromatic carbocycles. The van der Waals surface area contributed by atoms with E-state index in [1.807, 2.05) is 38.2 Å². The maximum Gasteiger partial charge on any atom is 0.340 e. The van der Waals surface area contributed by atoms with Crippen LogP contribution in [0.25, 0.3) is 10.9 Å². The number of likely N-dealkylation sites (N-methyl/N-ethyl adjacent to an activating group) is 1. The highest BCUT2D eigenvalue weighted by Gasteiger charge is 2.34. The molecule has 3 aromatic rings. The van der Waals surface area contributed by atoms with E-state index in [9.17, 15) is 14.9 Å². The minimum absolute atomic E-state index is 0.185. The molecule has 7 nitrogen and oxygen atoms in total. The smallest absolute Gasteiger partial charge is 0.340 e. The quantitative estimate of drug-likeness (QED) is 0.403. The lowest BCUT2D eigenvalue weighted by Crippen LogP contribution is -2.34. The van der Waals surface area contributed by atoms with Crippen LogP contribution in [0.1, 0.15) is 78.2 Å². The number of nitriles is 1. The lowest BCUT2D eigenvalue weighted by Gasteiger charge is -2.33. The highest BCUT2D eigenvalue weighted by atomic mass is 32.1. The molecule has 204 valence electrons. The largest absolute Gasteiger partial charge is 0.449 e. The summed E-state index contributed by atoms with van der Waals surface area (Å²) in [6.07, 6.45) is 2.88. The van der Waals surface area contributed by atoms with E-state index in [0.717, 1.165) is 60.0 Å². The van der Waals surface area contributed by atoms with Crippen molar-refractivity contribution in [2.45, 2.75) is 72.4 Å². The van der Waals surface area contributed by atoms with Gasteiger partial charge in [-0.3, -0.25) is 9.78 Å². The van der Waals surface area contributed by atoms with Crippen molar-refractivity contribution in [2.75, 3.05) is 18.9 Å². The van der Waals surface area contributed by atoms with Crippen LogP contribution >= 0.6 is 11.3 Å². The summed E-state index contributed by atoms with van der Waals surface area (Å²) in [5, 5.41) is 14.2. The number of nitrogens with zero attached hydrogens (tertiary/aromatic N) is 3. The van der Waals surface area contributed by atoms with Gasteiger partial charge in [-0.05, 0) is 55.7 Å².